The molecule has 0 bridgehead atoms. The predicted molar refractivity (Wildman–Crippen MR) is 140 cm³/mol. The smallest absolute Gasteiger partial charge is 0.328 e. The van der Waals surface area contributed by atoms with Gasteiger partial charge in [-0.05, 0) is 82.6 Å². The van der Waals surface area contributed by atoms with Crippen molar-refractivity contribution in [1.29, 1.82) is 0 Å². The number of aryl methyl sites for hydroxylation is 1. The van der Waals surface area contributed by atoms with Gasteiger partial charge in [0, 0.05) is 17.7 Å². The molecular weight excluding hydrogens is 460 g/mol. The number of fused-ring (bicyclic) bond motifs is 1. The number of nitrogens with one attached hydrogen (secondary N) is 1. The Hall–Kier alpha value is -3.97. The fourth-order valence-electron chi connectivity index (χ4n) is 4.20. The molecule has 0 unspecified atom stereocenters. The summed E-state index contributed by atoms with van der Waals surface area (Å²) in [7, 11) is -3.37. The molecule has 0 saturated carbocycles. The molecule has 0 aliphatic carbocycles. The number of hydrogen-bond donors (Lipinski definition) is 2. The van der Waals surface area contributed by atoms with E-state index in [2.05, 4.69) is 23.2 Å². The molecule has 1 aromatic heterocycles. The van der Waals surface area contributed by atoms with E-state index in [0.717, 1.165) is 55.9 Å². The van der Waals surface area contributed by atoms with Crippen LogP contribution in [0.25, 0.3) is 28.1 Å². The van der Waals surface area contributed by atoms with E-state index < -0.39 is 15.8 Å². The van der Waals surface area contributed by atoms with Crippen molar-refractivity contribution in [2.24, 2.45) is 0 Å². The van der Waals surface area contributed by atoms with Crippen LogP contribution in [0, 0.1) is 6.92 Å². The van der Waals surface area contributed by atoms with Gasteiger partial charge >= 0.3 is 5.97 Å². The van der Waals surface area contributed by atoms with Gasteiger partial charge in [0.05, 0.1) is 16.6 Å². The zero-order chi connectivity index (χ0) is 25.2. The fourth-order valence-corrected chi connectivity index (χ4v) is 4.85. The number of aromatic nitrogens is 2. The molecule has 6 nitrogen and oxygen atoms in total. The number of carboxylic acids is 1. The van der Waals surface area contributed by atoms with Gasteiger partial charge in [0.2, 0.25) is 0 Å². The van der Waals surface area contributed by atoms with Gasteiger partial charge in [-0.2, -0.15) is 5.10 Å². The Morgan fingerprint density at radius 3 is 2.40 bits per heavy atom. The Morgan fingerprint density at radius 2 is 1.74 bits per heavy atom. The summed E-state index contributed by atoms with van der Waals surface area (Å²) in [6.45, 7) is 4.04. The van der Waals surface area contributed by atoms with Gasteiger partial charge in [-0.3, -0.25) is 5.10 Å². The minimum Gasteiger partial charge on any atom is -0.478 e. The number of allylic oxidation sites excluding steroid dienone is 1. The van der Waals surface area contributed by atoms with Crippen LogP contribution in [0.1, 0.15) is 41.2 Å². The Morgan fingerprint density at radius 1 is 1.03 bits per heavy atom. The highest BCUT2D eigenvalue weighted by atomic mass is 32.2. The lowest BCUT2D eigenvalue weighted by Crippen LogP contribution is -2.01. The standard InChI is InChI=1S/C28H26N2O4S/c1-4-24(25-16-23(35(3,33)34)12-5-18(25)2)28(21-11-13-26-22(15-21)17-29-30-26)20-9-6-19(7-10-20)8-14-27(31)32/h5-17H,4H2,1-3H3,(H,29,30)(H,31,32). The first-order chi connectivity index (χ1) is 16.7. The molecule has 0 radical (unpaired) electrons. The summed E-state index contributed by atoms with van der Waals surface area (Å²) >= 11 is 0. The van der Waals surface area contributed by atoms with Crippen LogP contribution in [0.15, 0.2) is 77.8 Å². The van der Waals surface area contributed by atoms with Crippen LogP contribution in [0.3, 0.4) is 0 Å². The summed E-state index contributed by atoms with van der Waals surface area (Å²) in [5, 5.41) is 17.0. The average Bonchev–Trinajstić information content (AvgIpc) is 3.29. The number of aromatic amines is 1. The van der Waals surface area contributed by atoms with Crippen molar-refractivity contribution in [1.82, 2.24) is 10.2 Å². The fraction of sp³-hybridized carbons (Fsp3) is 0.143. The van der Waals surface area contributed by atoms with Gasteiger partial charge in [0.1, 0.15) is 0 Å². The van der Waals surface area contributed by atoms with Crippen molar-refractivity contribution >= 4 is 43.9 Å². The van der Waals surface area contributed by atoms with Crippen LogP contribution in [0.2, 0.25) is 0 Å². The third-order valence-electron chi connectivity index (χ3n) is 5.96. The lowest BCUT2D eigenvalue weighted by molar-refractivity contribution is -0.131. The normalized spacial score (nSPS) is 12.8. The summed E-state index contributed by atoms with van der Waals surface area (Å²) in [6, 6.07) is 19.0. The highest BCUT2D eigenvalue weighted by molar-refractivity contribution is 7.90. The summed E-state index contributed by atoms with van der Waals surface area (Å²) in [5.74, 6) is -1.00. The van der Waals surface area contributed by atoms with Crippen LogP contribution in [0.4, 0.5) is 0 Å². The van der Waals surface area contributed by atoms with Gasteiger partial charge in [-0.25, -0.2) is 13.2 Å². The molecule has 0 aliphatic rings. The van der Waals surface area contributed by atoms with E-state index in [-0.39, 0.29) is 4.90 Å². The van der Waals surface area contributed by atoms with Gasteiger partial charge < -0.3 is 5.11 Å². The van der Waals surface area contributed by atoms with E-state index in [1.165, 1.54) is 6.26 Å². The summed E-state index contributed by atoms with van der Waals surface area (Å²) in [6.07, 6.45) is 6.32. The molecule has 0 spiro atoms. The molecule has 4 aromatic rings. The van der Waals surface area contributed by atoms with Crippen molar-refractivity contribution in [2.75, 3.05) is 6.26 Å². The number of carboxylic acid groups (broad SMARTS) is 1. The topological polar surface area (TPSA) is 100 Å². The third kappa shape index (κ3) is 5.25. The van der Waals surface area contributed by atoms with Crippen LogP contribution < -0.4 is 0 Å². The molecule has 3 aromatic carbocycles. The number of rotatable bonds is 7. The van der Waals surface area contributed by atoms with Gasteiger partial charge in [0.25, 0.3) is 0 Å². The molecule has 0 atom stereocenters. The Labute approximate surface area is 204 Å². The average molecular weight is 487 g/mol. The molecule has 0 saturated heterocycles. The van der Waals surface area contributed by atoms with Crippen LogP contribution in [-0.2, 0) is 14.6 Å². The van der Waals surface area contributed by atoms with Gasteiger partial charge in [-0.15, -0.1) is 0 Å². The Bertz CT molecular complexity index is 1580. The summed E-state index contributed by atoms with van der Waals surface area (Å²) < 4.78 is 24.6. The monoisotopic (exact) mass is 486 g/mol. The quantitative estimate of drug-likeness (QED) is 0.256. The number of carbonyl (C=O) groups is 1. The molecule has 0 aliphatic heterocycles. The largest absolute Gasteiger partial charge is 0.478 e. The lowest BCUT2D eigenvalue weighted by atomic mass is 9.86. The van der Waals surface area contributed by atoms with Crippen molar-refractivity contribution in [2.45, 2.75) is 25.2 Å². The first-order valence-electron chi connectivity index (χ1n) is 11.2. The number of nitrogens with zero attached hydrogens (tertiary/aromatic N) is 1. The van der Waals surface area contributed by atoms with E-state index in [1.807, 2.05) is 49.4 Å². The number of sulfone groups is 1. The number of hydrogen-bond acceptors (Lipinski definition) is 4. The lowest BCUT2D eigenvalue weighted by Gasteiger charge is -2.19. The van der Waals surface area contributed by atoms with E-state index in [1.54, 1.807) is 24.4 Å². The summed E-state index contributed by atoms with van der Waals surface area (Å²) in [4.78, 5) is 11.2. The van der Waals surface area contributed by atoms with E-state index in [0.29, 0.717) is 6.42 Å². The minimum atomic E-state index is -3.37. The second kappa shape index (κ2) is 9.72. The van der Waals surface area contributed by atoms with Crippen LogP contribution in [-0.4, -0.2) is 35.9 Å². The number of benzene rings is 3. The van der Waals surface area contributed by atoms with Crippen LogP contribution in [0.5, 0.6) is 0 Å². The SMILES string of the molecule is CCC(=C(c1ccc(C=CC(=O)O)cc1)c1ccc2[nH]ncc2c1)c1cc(S(C)(=O)=O)ccc1C. The van der Waals surface area contributed by atoms with Crippen molar-refractivity contribution < 1.29 is 18.3 Å². The van der Waals surface area contributed by atoms with Crippen molar-refractivity contribution in [3.05, 3.63) is 101 Å². The maximum atomic E-state index is 12.3. The Kier molecular flexibility index (Phi) is 6.71. The molecule has 2 N–H and O–H groups in total. The van der Waals surface area contributed by atoms with Crippen molar-refractivity contribution in [3.8, 4) is 0 Å². The molecule has 0 amide bonds. The second-order valence-corrected chi connectivity index (χ2v) is 10.4. The highest BCUT2D eigenvalue weighted by Crippen LogP contribution is 2.37. The maximum Gasteiger partial charge on any atom is 0.328 e. The predicted octanol–water partition coefficient (Wildman–Crippen LogP) is 5.74. The van der Waals surface area contributed by atoms with Gasteiger partial charge in [0.15, 0.2) is 9.84 Å². The number of aliphatic carboxylic acids is 1. The summed E-state index contributed by atoms with van der Waals surface area (Å²) in [5.41, 5.74) is 7.49. The molecule has 4 rings (SSSR count). The zero-order valence-corrected chi connectivity index (χ0v) is 20.6. The molecule has 178 valence electrons. The van der Waals surface area contributed by atoms with E-state index in [9.17, 15) is 13.2 Å². The van der Waals surface area contributed by atoms with Gasteiger partial charge in [-0.1, -0.05) is 43.3 Å². The molecule has 35 heavy (non-hydrogen) atoms. The minimum absolute atomic E-state index is 0.280. The van der Waals surface area contributed by atoms with Crippen LogP contribution >= 0.6 is 0 Å². The van der Waals surface area contributed by atoms with E-state index in [4.69, 9.17) is 5.11 Å². The molecule has 1 heterocycles. The second-order valence-electron chi connectivity index (χ2n) is 8.42. The maximum absolute atomic E-state index is 12.3. The zero-order valence-electron chi connectivity index (χ0n) is 19.7. The first-order valence-corrected chi connectivity index (χ1v) is 13.1. The molecule has 7 heteroatoms. The van der Waals surface area contributed by atoms with Crippen molar-refractivity contribution in [3.63, 3.8) is 0 Å². The van der Waals surface area contributed by atoms with E-state index >= 15 is 0 Å². The molecule has 0 fully saturated rings. The highest BCUT2D eigenvalue weighted by Gasteiger charge is 2.18. The molecular formula is C28H26N2O4S. The third-order valence-corrected chi connectivity index (χ3v) is 7.07. The Balaban J connectivity index is 1.98. The first kappa shape index (κ1) is 24.2. The number of H-pyrrole nitrogens is 1.